The predicted molar refractivity (Wildman–Crippen MR) is 97.0 cm³/mol. The van der Waals surface area contributed by atoms with Crippen molar-refractivity contribution in [3.05, 3.63) is 36.1 Å². The van der Waals surface area contributed by atoms with Crippen molar-refractivity contribution in [2.45, 2.75) is 6.92 Å². The Morgan fingerprint density at radius 1 is 1.21 bits per heavy atom. The summed E-state index contributed by atoms with van der Waals surface area (Å²) < 4.78 is 19.7. The highest BCUT2D eigenvalue weighted by molar-refractivity contribution is 5.94. The van der Waals surface area contributed by atoms with Gasteiger partial charge in [-0.3, -0.25) is 9.59 Å². The summed E-state index contributed by atoms with van der Waals surface area (Å²) in [4.78, 5) is 36.8. The van der Waals surface area contributed by atoms with Gasteiger partial charge < -0.3 is 29.0 Å². The van der Waals surface area contributed by atoms with E-state index in [2.05, 4.69) is 10.5 Å². The smallest absolute Gasteiger partial charge is 0.344 e. The number of likely N-dealkylation sites (N-methyl/N-ethyl adjacent to an activating group) is 1. The highest BCUT2D eigenvalue weighted by Crippen LogP contribution is 2.16. The summed E-state index contributed by atoms with van der Waals surface area (Å²) in [7, 11) is 2.95. The normalized spacial score (nSPS) is 10.1. The average Bonchev–Trinajstić information content (AvgIpc) is 3.09. The van der Waals surface area contributed by atoms with Crippen LogP contribution in [-0.2, 0) is 19.1 Å². The van der Waals surface area contributed by atoms with Gasteiger partial charge in [0.05, 0.1) is 13.7 Å². The molecule has 0 aliphatic rings. The van der Waals surface area contributed by atoms with Gasteiger partial charge in [-0.15, -0.1) is 0 Å². The van der Waals surface area contributed by atoms with E-state index in [-0.39, 0.29) is 12.4 Å². The third-order valence-corrected chi connectivity index (χ3v) is 3.46. The summed E-state index contributed by atoms with van der Waals surface area (Å²) in [5, 5.41) is 6.21. The van der Waals surface area contributed by atoms with Crippen LogP contribution in [0.5, 0.6) is 11.6 Å². The first-order valence-electron chi connectivity index (χ1n) is 8.27. The second-order valence-electron chi connectivity index (χ2n) is 5.76. The van der Waals surface area contributed by atoms with Gasteiger partial charge in [0.1, 0.15) is 11.5 Å². The number of nitrogens with zero attached hydrogens (tertiary/aromatic N) is 2. The van der Waals surface area contributed by atoms with Crippen LogP contribution in [0.4, 0.5) is 5.69 Å². The van der Waals surface area contributed by atoms with E-state index < -0.39 is 31.0 Å². The van der Waals surface area contributed by atoms with E-state index in [1.54, 1.807) is 31.2 Å². The molecule has 0 saturated heterocycles. The molecule has 2 aromatic rings. The molecule has 0 radical (unpaired) electrons. The van der Waals surface area contributed by atoms with Crippen LogP contribution in [0, 0.1) is 6.92 Å². The number of anilines is 1. The zero-order chi connectivity index (χ0) is 20.5. The molecule has 2 rings (SSSR count). The lowest BCUT2D eigenvalue weighted by atomic mass is 10.3. The maximum absolute atomic E-state index is 12.0. The Kier molecular flexibility index (Phi) is 7.37. The number of esters is 1. The van der Waals surface area contributed by atoms with Crippen molar-refractivity contribution in [1.29, 1.82) is 0 Å². The van der Waals surface area contributed by atoms with E-state index >= 15 is 0 Å². The molecular weight excluding hydrogens is 370 g/mol. The number of rotatable bonds is 9. The number of carbonyl (C=O) groups is 3. The number of ether oxygens (including phenoxy) is 3. The number of nitrogens with one attached hydrogen (secondary N) is 1. The Bertz CT molecular complexity index is 834. The zero-order valence-electron chi connectivity index (χ0n) is 15.8. The average molecular weight is 391 g/mol. The number of amides is 2. The highest BCUT2D eigenvalue weighted by atomic mass is 16.6. The minimum atomic E-state index is -0.747. The first-order valence-corrected chi connectivity index (χ1v) is 8.27. The van der Waals surface area contributed by atoms with Gasteiger partial charge in [0.2, 0.25) is 5.91 Å². The maximum atomic E-state index is 12.0. The second kappa shape index (κ2) is 9.95. The first kappa shape index (κ1) is 20.7. The summed E-state index contributed by atoms with van der Waals surface area (Å²) >= 11 is 0. The van der Waals surface area contributed by atoms with E-state index in [1.165, 1.54) is 20.2 Å². The molecule has 150 valence electrons. The molecule has 1 heterocycles. The molecule has 0 fully saturated rings. The van der Waals surface area contributed by atoms with Crippen molar-refractivity contribution < 1.29 is 33.1 Å². The molecule has 1 aromatic heterocycles. The number of aryl methyl sites for hydroxylation is 1. The Hall–Kier alpha value is -3.56. The molecule has 10 nitrogen and oxygen atoms in total. The van der Waals surface area contributed by atoms with Gasteiger partial charge in [-0.25, -0.2) is 4.79 Å². The zero-order valence-corrected chi connectivity index (χ0v) is 15.8. The van der Waals surface area contributed by atoms with Crippen molar-refractivity contribution in [2.24, 2.45) is 0 Å². The molecular formula is C18H21N3O7. The van der Waals surface area contributed by atoms with Gasteiger partial charge in [0.25, 0.3) is 11.8 Å². The number of benzene rings is 1. The fraction of sp³-hybridized carbons (Fsp3) is 0.333. The van der Waals surface area contributed by atoms with Crippen LogP contribution in [0.2, 0.25) is 0 Å². The van der Waals surface area contributed by atoms with Crippen LogP contribution in [0.15, 0.2) is 34.9 Å². The second-order valence-corrected chi connectivity index (χ2v) is 5.76. The largest absolute Gasteiger partial charge is 0.497 e. The first-order chi connectivity index (χ1) is 13.4. The Morgan fingerprint density at radius 2 is 2.00 bits per heavy atom. The summed E-state index contributed by atoms with van der Waals surface area (Å²) in [5.41, 5.74) is 0.539. The fourth-order valence-electron chi connectivity index (χ4n) is 2.04. The molecule has 0 unspecified atom stereocenters. The van der Waals surface area contributed by atoms with Crippen LogP contribution >= 0.6 is 0 Å². The third kappa shape index (κ3) is 6.63. The van der Waals surface area contributed by atoms with Crippen molar-refractivity contribution in [1.82, 2.24) is 10.1 Å². The van der Waals surface area contributed by atoms with Gasteiger partial charge in [0.15, 0.2) is 13.2 Å². The van der Waals surface area contributed by atoms with Crippen molar-refractivity contribution >= 4 is 23.5 Å². The van der Waals surface area contributed by atoms with E-state index in [1.807, 2.05) is 0 Å². The van der Waals surface area contributed by atoms with Crippen LogP contribution in [-0.4, -0.2) is 61.8 Å². The molecule has 2 amide bonds. The van der Waals surface area contributed by atoms with Gasteiger partial charge in [-0.2, -0.15) is 0 Å². The van der Waals surface area contributed by atoms with Crippen LogP contribution in [0.1, 0.15) is 5.76 Å². The molecule has 1 aromatic carbocycles. The summed E-state index contributed by atoms with van der Waals surface area (Å²) in [6, 6.07) is 8.32. The quantitative estimate of drug-likeness (QED) is 0.629. The molecule has 0 aliphatic carbocycles. The summed E-state index contributed by atoms with van der Waals surface area (Å²) in [6.07, 6.45) is 0. The molecule has 0 saturated carbocycles. The molecule has 28 heavy (non-hydrogen) atoms. The number of carbonyl (C=O) groups excluding carboxylic acids is 3. The molecule has 0 atom stereocenters. The van der Waals surface area contributed by atoms with Crippen molar-refractivity contribution in [3.63, 3.8) is 0 Å². The Labute approximate surface area is 161 Å². The Balaban J connectivity index is 1.70. The molecule has 0 spiro atoms. The monoisotopic (exact) mass is 391 g/mol. The van der Waals surface area contributed by atoms with Crippen molar-refractivity contribution in [3.8, 4) is 11.6 Å². The van der Waals surface area contributed by atoms with E-state index in [9.17, 15) is 14.4 Å². The van der Waals surface area contributed by atoms with Crippen LogP contribution in [0.3, 0.4) is 0 Å². The van der Waals surface area contributed by atoms with Gasteiger partial charge in [0, 0.05) is 24.9 Å². The molecule has 0 bridgehead atoms. The number of hydrogen-bond donors (Lipinski definition) is 1. The van der Waals surface area contributed by atoms with E-state index in [0.29, 0.717) is 17.2 Å². The molecule has 10 heteroatoms. The lowest BCUT2D eigenvalue weighted by Crippen LogP contribution is -2.37. The SMILES string of the molecule is COc1cccc(NC(=O)CN(C)C(=O)COC(=O)COc2cc(C)on2)c1. The minimum Gasteiger partial charge on any atom is -0.497 e. The topological polar surface area (TPSA) is 120 Å². The van der Waals surface area contributed by atoms with Gasteiger partial charge in [-0.05, 0) is 24.2 Å². The van der Waals surface area contributed by atoms with Gasteiger partial charge >= 0.3 is 5.97 Å². The molecule has 0 aliphatic heterocycles. The van der Waals surface area contributed by atoms with E-state index in [4.69, 9.17) is 18.7 Å². The van der Waals surface area contributed by atoms with Crippen LogP contribution in [0.25, 0.3) is 0 Å². The lowest BCUT2D eigenvalue weighted by molar-refractivity contribution is -0.153. The minimum absolute atomic E-state index is 0.145. The van der Waals surface area contributed by atoms with Gasteiger partial charge in [-0.1, -0.05) is 6.07 Å². The standard InChI is InChI=1S/C18H21N3O7/c1-12-7-16(20-28-12)26-11-18(24)27-10-17(23)21(2)9-15(22)19-13-5-4-6-14(8-13)25-3/h4-8H,9-11H2,1-3H3,(H,19,22). The maximum Gasteiger partial charge on any atom is 0.344 e. The predicted octanol–water partition coefficient (Wildman–Crippen LogP) is 1.01. The van der Waals surface area contributed by atoms with E-state index in [0.717, 1.165) is 4.90 Å². The summed E-state index contributed by atoms with van der Waals surface area (Å²) in [6.45, 7) is 0.543. The number of aromatic nitrogens is 1. The molecule has 1 N–H and O–H groups in total. The Morgan fingerprint density at radius 3 is 2.68 bits per heavy atom. The van der Waals surface area contributed by atoms with Crippen molar-refractivity contribution in [2.75, 3.05) is 39.2 Å². The summed E-state index contributed by atoms with van der Waals surface area (Å²) in [5.74, 6) is -0.411. The lowest BCUT2D eigenvalue weighted by Gasteiger charge is -2.17. The highest BCUT2D eigenvalue weighted by Gasteiger charge is 2.16. The number of methoxy groups -OCH3 is 1. The fourth-order valence-corrected chi connectivity index (χ4v) is 2.04. The van der Waals surface area contributed by atoms with Crippen LogP contribution < -0.4 is 14.8 Å². The number of hydrogen-bond acceptors (Lipinski definition) is 8. The third-order valence-electron chi connectivity index (χ3n) is 3.46.